The summed E-state index contributed by atoms with van der Waals surface area (Å²) >= 11 is 1.56. The first kappa shape index (κ1) is 19.9. The Bertz CT molecular complexity index is 1170. The molecule has 0 radical (unpaired) electrons. The van der Waals surface area contributed by atoms with Gasteiger partial charge in [0.1, 0.15) is 0 Å². The van der Waals surface area contributed by atoms with Crippen molar-refractivity contribution < 1.29 is 4.74 Å². The van der Waals surface area contributed by atoms with Gasteiger partial charge in [-0.15, -0.1) is 10.2 Å². The molecule has 0 fully saturated rings. The highest BCUT2D eigenvalue weighted by molar-refractivity contribution is 7.98. The zero-order valence-corrected chi connectivity index (χ0v) is 17.9. The molecule has 0 aliphatic rings. The third-order valence-corrected chi connectivity index (χ3v) is 5.32. The van der Waals surface area contributed by atoms with Gasteiger partial charge < -0.3 is 4.74 Å². The molecule has 0 atom stereocenters. The quantitative estimate of drug-likeness (QED) is 0.239. The van der Waals surface area contributed by atoms with E-state index in [0.29, 0.717) is 5.90 Å². The van der Waals surface area contributed by atoms with E-state index in [2.05, 4.69) is 46.0 Å². The molecule has 6 heteroatoms. The van der Waals surface area contributed by atoms with Crippen molar-refractivity contribution in [3.05, 3.63) is 90.0 Å². The molecule has 0 spiro atoms. The predicted octanol–water partition coefficient (Wildman–Crippen LogP) is 5.69. The first-order valence-corrected chi connectivity index (χ1v) is 10.8. The van der Waals surface area contributed by atoms with Crippen molar-refractivity contribution in [3.8, 4) is 17.1 Å². The molecule has 4 aromatic rings. The summed E-state index contributed by atoms with van der Waals surface area (Å²) in [4.78, 5) is 4.81. The van der Waals surface area contributed by atoms with Gasteiger partial charge in [0.25, 0.3) is 0 Å². The third-order valence-electron chi connectivity index (χ3n) is 4.69. The molecule has 0 amide bonds. The maximum Gasteiger partial charge on any atom is 0.221 e. The third kappa shape index (κ3) is 4.00. The van der Waals surface area contributed by atoms with Crippen molar-refractivity contribution in [2.45, 2.75) is 12.1 Å². The maximum atomic E-state index is 5.59. The molecule has 0 saturated carbocycles. The molecule has 0 bridgehead atoms. The van der Waals surface area contributed by atoms with Crippen molar-refractivity contribution in [1.29, 1.82) is 0 Å². The number of hydrogen-bond acceptors (Lipinski definition) is 5. The lowest BCUT2D eigenvalue weighted by Crippen LogP contribution is -2.03. The van der Waals surface area contributed by atoms with Crippen LogP contribution in [0.2, 0.25) is 0 Å². The molecule has 1 heterocycles. The van der Waals surface area contributed by atoms with Crippen molar-refractivity contribution in [3.63, 3.8) is 0 Å². The summed E-state index contributed by atoms with van der Waals surface area (Å²) in [5, 5.41) is 9.73. The van der Waals surface area contributed by atoms with Crippen LogP contribution >= 0.6 is 11.8 Å². The SMILES string of the molecule is COC(=Nc1ccccc1-c1nnc(SC)n1-c1ccc(C)cc1)c1ccccc1. The summed E-state index contributed by atoms with van der Waals surface area (Å²) in [7, 11) is 1.63. The maximum absolute atomic E-state index is 5.59. The van der Waals surface area contributed by atoms with E-state index < -0.39 is 0 Å². The lowest BCUT2D eigenvalue weighted by Gasteiger charge is -2.12. The molecule has 0 aliphatic heterocycles. The average Bonchev–Trinajstić information content (AvgIpc) is 3.23. The van der Waals surface area contributed by atoms with E-state index in [-0.39, 0.29) is 0 Å². The van der Waals surface area contributed by atoms with E-state index in [1.807, 2.05) is 60.9 Å². The summed E-state index contributed by atoms with van der Waals surface area (Å²) in [6.45, 7) is 2.08. The van der Waals surface area contributed by atoms with Crippen molar-refractivity contribution in [1.82, 2.24) is 14.8 Å². The predicted molar refractivity (Wildman–Crippen MR) is 123 cm³/mol. The highest BCUT2D eigenvalue weighted by atomic mass is 32.2. The van der Waals surface area contributed by atoms with Crippen molar-refractivity contribution in [2.24, 2.45) is 4.99 Å². The lowest BCUT2D eigenvalue weighted by molar-refractivity contribution is 0.405. The molecule has 5 nitrogen and oxygen atoms in total. The first-order valence-electron chi connectivity index (χ1n) is 9.55. The van der Waals surface area contributed by atoms with Gasteiger partial charge in [0.05, 0.1) is 12.8 Å². The second kappa shape index (κ2) is 8.97. The van der Waals surface area contributed by atoms with Crippen LogP contribution in [0, 0.1) is 6.92 Å². The zero-order valence-electron chi connectivity index (χ0n) is 17.1. The second-order valence-corrected chi connectivity index (χ2v) is 7.46. The number of aliphatic imine (C=N–C) groups is 1. The van der Waals surface area contributed by atoms with E-state index in [1.165, 1.54) is 5.56 Å². The Labute approximate surface area is 180 Å². The van der Waals surface area contributed by atoms with Gasteiger partial charge >= 0.3 is 0 Å². The summed E-state index contributed by atoms with van der Waals surface area (Å²) in [6.07, 6.45) is 2.00. The van der Waals surface area contributed by atoms with Gasteiger partial charge in [0.15, 0.2) is 11.0 Å². The fourth-order valence-corrected chi connectivity index (χ4v) is 3.68. The van der Waals surface area contributed by atoms with Crippen molar-refractivity contribution in [2.75, 3.05) is 13.4 Å². The molecule has 4 rings (SSSR count). The Hall–Kier alpha value is -3.38. The number of nitrogens with zero attached hydrogens (tertiary/aromatic N) is 4. The van der Waals surface area contributed by atoms with Crippen LogP contribution < -0.4 is 0 Å². The number of hydrogen-bond donors (Lipinski definition) is 0. The van der Waals surface area contributed by atoms with Gasteiger partial charge in [0.2, 0.25) is 5.90 Å². The van der Waals surface area contributed by atoms with Crippen LogP contribution in [0.1, 0.15) is 11.1 Å². The average molecular weight is 415 g/mol. The number of rotatable bonds is 5. The Morgan fingerprint density at radius 3 is 2.30 bits per heavy atom. The minimum absolute atomic E-state index is 0.551. The first-order chi connectivity index (χ1) is 14.7. The minimum Gasteiger partial charge on any atom is -0.481 e. The van der Waals surface area contributed by atoms with Crippen LogP contribution in [-0.4, -0.2) is 34.0 Å². The minimum atomic E-state index is 0.551. The van der Waals surface area contributed by atoms with Crippen LogP contribution in [0.25, 0.3) is 17.1 Å². The number of benzene rings is 3. The summed E-state index contributed by atoms with van der Waals surface area (Å²) in [5.41, 5.74) is 4.79. The highest BCUT2D eigenvalue weighted by Crippen LogP contribution is 2.33. The summed E-state index contributed by atoms with van der Waals surface area (Å²) in [6, 6.07) is 26.1. The Morgan fingerprint density at radius 2 is 1.60 bits per heavy atom. The molecule has 0 unspecified atom stereocenters. The molecule has 150 valence electrons. The number of methoxy groups -OCH3 is 1. The second-order valence-electron chi connectivity index (χ2n) is 6.69. The molecule has 0 N–H and O–H groups in total. The molecule has 1 aromatic heterocycles. The summed E-state index contributed by atoms with van der Waals surface area (Å²) in [5.74, 6) is 1.29. The van der Waals surface area contributed by atoms with E-state index in [1.54, 1.807) is 18.9 Å². The molecule has 0 aliphatic carbocycles. The normalized spacial score (nSPS) is 11.5. The topological polar surface area (TPSA) is 52.3 Å². The molecular weight excluding hydrogens is 392 g/mol. The zero-order chi connectivity index (χ0) is 20.9. The molecule has 0 saturated heterocycles. The molecule has 3 aromatic carbocycles. The number of para-hydroxylation sites is 1. The standard InChI is InChI=1S/C24H22N4OS/c1-17-13-15-19(16-14-17)28-22(26-27-24(28)30-3)20-11-7-8-12-21(20)25-23(29-2)18-9-5-4-6-10-18/h4-16H,1-3H3. The lowest BCUT2D eigenvalue weighted by atomic mass is 10.1. The molecule has 30 heavy (non-hydrogen) atoms. The van der Waals surface area contributed by atoms with Crippen LogP contribution in [-0.2, 0) is 4.74 Å². The van der Waals surface area contributed by atoms with Gasteiger partial charge in [-0.25, -0.2) is 4.99 Å². The van der Waals surface area contributed by atoms with Crippen molar-refractivity contribution >= 4 is 23.3 Å². The van der Waals surface area contributed by atoms with Crippen LogP contribution in [0.5, 0.6) is 0 Å². The Kier molecular flexibility index (Phi) is 5.95. The Morgan fingerprint density at radius 1 is 0.900 bits per heavy atom. The highest BCUT2D eigenvalue weighted by Gasteiger charge is 2.18. The van der Waals surface area contributed by atoms with Crippen LogP contribution in [0.15, 0.2) is 89.0 Å². The fourth-order valence-electron chi connectivity index (χ4n) is 3.18. The number of thioether (sulfide) groups is 1. The number of aryl methyl sites for hydroxylation is 1. The smallest absolute Gasteiger partial charge is 0.221 e. The van der Waals surface area contributed by atoms with Gasteiger partial charge in [0, 0.05) is 16.8 Å². The Balaban J connectivity index is 1.87. The molecular formula is C24H22N4OS. The number of aromatic nitrogens is 3. The van der Waals surface area contributed by atoms with E-state index in [4.69, 9.17) is 9.73 Å². The van der Waals surface area contributed by atoms with Gasteiger partial charge in [-0.05, 0) is 49.6 Å². The van der Waals surface area contributed by atoms with E-state index in [9.17, 15) is 0 Å². The largest absolute Gasteiger partial charge is 0.481 e. The van der Waals surface area contributed by atoms with Crippen LogP contribution in [0.4, 0.5) is 5.69 Å². The fraction of sp³-hybridized carbons (Fsp3) is 0.125. The van der Waals surface area contributed by atoms with E-state index >= 15 is 0 Å². The summed E-state index contributed by atoms with van der Waals surface area (Å²) < 4.78 is 7.65. The van der Waals surface area contributed by atoms with Gasteiger partial charge in [-0.1, -0.05) is 59.8 Å². The van der Waals surface area contributed by atoms with E-state index in [0.717, 1.165) is 33.5 Å². The monoisotopic (exact) mass is 414 g/mol. The number of ether oxygens (including phenoxy) is 1. The van der Waals surface area contributed by atoms with Gasteiger partial charge in [-0.2, -0.15) is 0 Å². The van der Waals surface area contributed by atoms with Gasteiger partial charge in [-0.3, -0.25) is 4.57 Å². The van der Waals surface area contributed by atoms with Crippen LogP contribution in [0.3, 0.4) is 0 Å².